The van der Waals surface area contributed by atoms with Crippen LogP contribution in [0.25, 0.3) is 0 Å². The lowest BCUT2D eigenvalue weighted by molar-refractivity contribution is 0.0967. The standard InChI is InChI=1S/C8H8BrN3O2/c9-5-3-1-2-4(6(5)10)7(13)12-8(11)14/h1-3H,10H2,(H3,11,12,13,14). The van der Waals surface area contributed by atoms with Crippen LogP contribution in [-0.2, 0) is 0 Å². The first-order chi connectivity index (χ1) is 6.52. The zero-order valence-electron chi connectivity index (χ0n) is 7.08. The van der Waals surface area contributed by atoms with Gasteiger partial charge in [0.1, 0.15) is 0 Å². The number of hydrogen-bond donors (Lipinski definition) is 3. The summed E-state index contributed by atoms with van der Waals surface area (Å²) in [5.41, 5.74) is 10.9. The van der Waals surface area contributed by atoms with Crippen LogP contribution in [0.4, 0.5) is 10.5 Å². The summed E-state index contributed by atoms with van der Waals surface area (Å²) in [5.74, 6) is -0.615. The largest absolute Gasteiger partial charge is 0.397 e. The molecule has 0 fully saturated rings. The zero-order valence-corrected chi connectivity index (χ0v) is 8.67. The molecule has 0 aliphatic rings. The predicted molar refractivity (Wildman–Crippen MR) is 55.6 cm³/mol. The molecule has 0 unspecified atom stereocenters. The summed E-state index contributed by atoms with van der Waals surface area (Å²) in [6, 6.07) is 3.92. The summed E-state index contributed by atoms with van der Waals surface area (Å²) < 4.78 is 0.592. The summed E-state index contributed by atoms with van der Waals surface area (Å²) in [5, 5.41) is 1.93. The number of urea groups is 1. The minimum absolute atomic E-state index is 0.207. The van der Waals surface area contributed by atoms with E-state index in [9.17, 15) is 9.59 Å². The lowest BCUT2D eigenvalue weighted by atomic mass is 10.2. The topological polar surface area (TPSA) is 98.2 Å². The number of benzene rings is 1. The number of rotatable bonds is 1. The van der Waals surface area contributed by atoms with Gasteiger partial charge in [-0.25, -0.2) is 4.79 Å². The molecule has 3 amide bonds. The van der Waals surface area contributed by atoms with Gasteiger partial charge in [0, 0.05) is 4.47 Å². The molecule has 0 spiro atoms. The number of para-hydroxylation sites is 1. The number of nitrogen functional groups attached to an aromatic ring is 1. The highest BCUT2D eigenvalue weighted by molar-refractivity contribution is 9.10. The maximum atomic E-state index is 11.3. The van der Waals surface area contributed by atoms with E-state index in [1.807, 2.05) is 5.32 Å². The van der Waals surface area contributed by atoms with Crippen LogP contribution in [0, 0.1) is 0 Å². The fourth-order valence-corrected chi connectivity index (χ4v) is 1.28. The monoisotopic (exact) mass is 257 g/mol. The molecule has 0 atom stereocenters. The van der Waals surface area contributed by atoms with Gasteiger partial charge in [-0.3, -0.25) is 10.1 Å². The second-order valence-corrected chi connectivity index (χ2v) is 3.37. The average molecular weight is 258 g/mol. The fourth-order valence-electron chi connectivity index (χ4n) is 0.914. The maximum absolute atomic E-state index is 11.3. The van der Waals surface area contributed by atoms with Gasteiger partial charge in [0.15, 0.2) is 0 Å². The smallest absolute Gasteiger partial charge is 0.319 e. The Labute approximate surface area is 88.6 Å². The number of carbonyl (C=O) groups excluding carboxylic acids is 2. The van der Waals surface area contributed by atoms with Crippen molar-refractivity contribution in [2.24, 2.45) is 5.73 Å². The Bertz CT molecular complexity index is 392. The van der Waals surface area contributed by atoms with Crippen molar-refractivity contribution < 1.29 is 9.59 Å². The molecule has 0 saturated heterocycles. The third-order valence-corrected chi connectivity index (χ3v) is 2.23. The molecule has 1 aromatic rings. The number of primary amides is 1. The van der Waals surface area contributed by atoms with E-state index in [1.165, 1.54) is 6.07 Å². The van der Waals surface area contributed by atoms with Crippen molar-refractivity contribution in [3.05, 3.63) is 28.2 Å². The van der Waals surface area contributed by atoms with E-state index >= 15 is 0 Å². The quantitative estimate of drug-likeness (QED) is 0.651. The molecule has 0 heterocycles. The molecule has 6 heteroatoms. The lowest BCUT2D eigenvalue weighted by Crippen LogP contribution is -2.35. The molecule has 1 aromatic carbocycles. The highest BCUT2D eigenvalue weighted by atomic mass is 79.9. The lowest BCUT2D eigenvalue weighted by Gasteiger charge is -2.05. The van der Waals surface area contributed by atoms with E-state index < -0.39 is 11.9 Å². The van der Waals surface area contributed by atoms with Gasteiger partial charge in [-0.05, 0) is 28.1 Å². The minimum Gasteiger partial charge on any atom is -0.397 e. The SMILES string of the molecule is NC(=O)NC(=O)c1cccc(Br)c1N. The molecular formula is C8H8BrN3O2. The zero-order chi connectivity index (χ0) is 10.7. The highest BCUT2D eigenvalue weighted by Gasteiger charge is 2.12. The van der Waals surface area contributed by atoms with Gasteiger partial charge in [0.25, 0.3) is 5.91 Å². The molecule has 5 nitrogen and oxygen atoms in total. The Hall–Kier alpha value is -1.56. The van der Waals surface area contributed by atoms with Gasteiger partial charge in [-0.15, -0.1) is 0 Å². The summed E-state index contributed by atoms with van der Waals surface area (Å²) in [6.07, 6.45) is 0. The maximum Gasteiger partial charge on any atom is 0.319 e. The van der Waals surface area contributed by atoms with Crippen molar-refractivity contribution in [1.82, 2.24) is 5.32 Å². The van der Waals surface area contributed by atoms with Gasteiger partial charge < -0.3 is 11.5 Å². The number of nitrogens with two attached hydrogens (primary N) is 2. The average Bonchev–Trinajstić information content (AvgIpc) is 2.08. The molecule has 0 saturated carbocycles. The van der Waals surface area contributed by atoms with Crippen LogP contribution < -0.4 is 16.8 Å². The van der Waals surface area contributed by atoms with Crippen LogP contribution in [-0.4, -0.2) is 11.9 Å². The first-order valence-corrected chi connectivity index (χ1v) is 4.46. The molecule has 5 N–H and O–H groups in total. The number of anilines is 1. The van der Waals surface area contributed by atoms with Crippen molar-refractivity contribution in [3.63, 3.8) is 0 Å². The summed E-state index contributed by atoms with van der Waals surface area (Å²) in [7, 11) is 0. The number of carbonyl (C=O) groups is 2. The normalized spacial score (nSPS) is 9.50. The second kappa shape index (κ2) is 4.10. The molecule has 0 bridgehead atoms. The van der Waals surface area contributed by atoms with Crippen LogP contribution in [0.1, 0.15) is 10.4 Å². The first kappa shape index (κ1) is 10.5. The minimum atomic E-state index is -0.908. The Morgan fingerprint density at radius 3 is 2.57 bits per heavy atom. The van der Waals surface area contributed by atoms with Crippen molar-refractivity contribution in [1.29, 1.82) is 0 Å². The molecule has 74 valence electrons. The number of nitrogens with one attached hydrogen (secondary N) is 1. The number of amides is 3. The molecule has 0 radical (unpaired) electrons. The van der Waals surface area contributed by atoms with E-state index in [2.05, 4.69) is 15.9 Å². The molecule has 14 heavy (non-hydrogen) atoms. The van der Waals surface area contributed by atoms with Crippen molar-refractivity contribution in [2.75, 3.05) is 5.73 Å². The Morgan fingerprint density at radius 2 is 2.00 bits per heavy atom. The summed E-state index contributed by atoms with van der Waals surface area (Å²) in [6.45, 7) is 0. The third kappa shape index (κ3) is 2.23. The predicted octanol–water partition coefficient (Wildman–Crippen LogP) is 0.840. The van der Waals surface area contributed by atoms with Gasteiger partial charge in [-0.2, -0.15) is 0 Å². The van der Waals surface area contributed by atoms with Crippen LogP contribution >= 0.6 is 15.9 Å². The van der Waals surface area contributed by atoms with Gasteiger partial charge in [0.05, 0.1) is 11.3 Å². The van der Waals surface area contributed by atoms with Gasteiger partial charge >= 0.3 is 6.03 Å². The van der Waals surface area contributed by atoms with Crippen LogP contribution in [0.15, 0.2) is 22.7 Å². The van der Waals surface area contributed by atoms with Crippen LogP contribution in [0.5, 0.6) is 0 Å². The number of hydrogen-bond acceptors (Lipinski definition) is 3. The molecule has 1 rings (SSSR count). The molecule has 0 aromatic heterocycles. The fraction of sp³-hybridized carbons (Fsp3) is 0. The van der Waals surface area contributed by atoms with Gasteiger partial charge in [0.2, 0.25) is 0 Å². The van der Waals surface area contributed by atoms with Gasteiger partial charge in [-0.1, -0.05) is 6.07 Å². The van der Waals surface area contributed by atoms with E-state index in [-0.39, 0.29) is 11.3 Å². The van der Waals surface area contributed by atoms with Crippen LogP contribution in [0.2, 0.25) is 0 Å². The Kier molecular flexibility index (Phi) is 3.08. The molecular weight excluding hydrogens is 250 g/mol. The van der Waals surface area contributed by atoms with Crippen molar-refractivity contribution >= 4 is 33.6 Å². The number of halogens is 1. The molecule has 0 aliphatic heterocycles. The second-order valence-electron chi connectivity index (χ2n) is 2.52. The van der Waals surface area contributed by atoms with Crippen molar-refractivity contribution in [2.45, 2.75) is 0 Å². The van der Waals surface area contributed by atoms with E-state index in [1.54, 1.807) is 12.1 Å². The third-order valence-electron chi connectivity index (χ3n) is 1.53. The Balaban J connectivity index is 3.01. The number of imide groups is 1. The Morgan fingerprint density at radius 1 is 1.36 bits per heavy atom. The summed E-state index contributed by atoms with van der Waals surface area (Å²) >= 11 is 3.16. The molecule has 0 aliphatic carbocycles. The van der Waals surface area contributed by atoms with E-state index in [0.29, 0.717) is 4.47 Å². The highest BCUT2D eigenvalue weighted by Crippen LogP contribution is 2.22. The van der Waals surface area contributed by atoms with Crippen LogP contribution in [0.3, 0.4) is 0 Å². The summed E-state index contributed by atoms with van der Waals surface area (Å²) in [4.78, 5) is 21.7. The van der Waals surface area contributed by atoms with Crippen molar-refractivity contribution in [3.8, 4) is 0 Å². The van der Waals surface area contributed by atoms with E-state index in [4.69, 9.17) is 11.5 Å². The first-order valence-electron chi connectivity index (χ1n) is 3.67. The van der Waals surface area contributed by atoms with E-state index in [0.717, 1.165) is 0 Å².